The topological polar surface area (TPSA) is 310 Å². The molecule has 0 radical (unpaired) electrons. The van der Waals surface area contributed by atoms with Gasteiger partial charge in [-0.15, -0.1) is 0 Å². The van der Waals surface area contributed by atoms with E-state index in [0.29, 0.717) is 90.4 Å². The Balaban J connectivity index is 0.000000377. The van der Waals surface area contributed by atoms with Crippen LogP contribution in [0.25, 0.3) is 11.0 Å². The van der Waals surface area contributed by atoms with Crippen LogP contribution in [-0.4, -0.2) is 136 Å². The van der Waals surface area contributed by atoms with Gasteiger partial charge in [0.05, 0.1) is 14.2 Å². The van der Waals surface area contributed by atoms with Crippen LogP contribution in [-0.2, 0) is 46.1 Å². The molecule has 4 aromatic rings. The summed E-state index contributed by atoms with van der Waals surface area (Å²) in [6.45, 7) is 10.7. The number of amides is 1. The summed E-state index contributed by atoms with van der Waals surface area (Å²) in [4.78, 5) is 43.2. The smallest absolute Gasteiger partial charge is 0.0380 e. The first kappa shape index (κ1) is 58.2. The molecule has 380 valence electrons. The zero-order chi connectivity index (χ0) is 52.5. The van der Waals surface area contributed by atoms with Crippen molar-refractivity contribution in [2.45, 2.75) is 89.1 Å². The van der Waals surface area contributed by atoms with Gasteiger partial charge < -0.3 is 9.47 Å². The van der Waals surface area contributed by atoms with E-state index < -0.39 is 32.1 Å². The van der Waals surface area contributed by atoms with Crippen molar-refractivity contribution in [2.24, 2.45) is 28.5 Å². The van der Waals surface area contributed by atoms with Crippen LogP contribution in [0.2, 0.25) is 0 Å². The number of guanidine groups is 2. The van der Waals surface area contributed by atoms with E-state index >= 15 is 0 Å². The maximum atomic E-state index is 13.2. The van der Waals surface area contributed by atoms with Crippen molar-refractivity contribution in [1.82, 2.24) is 34.7 Å². The second-order valence-electron chi connectivity index (χ2n) is 16.1. The molecular weight excluding hydrogens is 944 g/mol. The molecule has 1 aromatic heterocycles. The number of ether oxygens (including phenoxy) is 2. The molecule has 0 saturated heterocycles. The van der Waals surface area contributed by atoms with Gasteiger partial charge in [0.25, 0.3) is 0 Å². The minimum absolute atomic E-state index is 0.00549. The number of carbonyl (C=O) groups is 2. The Hall–Kier alpha value is -6.08. The Labute approximate surface area is 411 Å². The number of imidazole rings is 1. The Morgan fingerprint density at radius 3 is 1.61 bits per heavy atom. The molecule has 4 rings (SSSR count). The van der Waals surface area contributed by atoms with Crippen molar-refractivity contribution in [1.29, 1.82) is 0 Å². The number of aryl methyl sites for hydroxylation is 3. The molecule has 2 atom stereocenters. The average Bonchev–Trinajstić information content (AvgIpc) is 3.65. The fourth-order valence-electron chi connectivity index (χ4n) is 7.58. The monoisotopic (exact) mass is 1010 g/mol. The summed E-state index contributed by atoms with van der Waals surface area (Å²) in [6.07, 6.45) is 1.54. The average molecular weight is 1010 g/mol. The van der Waals surface area contributed by atoms with Gasteiger partial charge in [-0.1, -0.05) is 0 Å². The maximum absolute atomic E-state index is 13.2. The third-order valence-corrected chi connectivity index (χ3v) is 14.7. The SMILES string of the molecule is COc1cc(C)c(S(=O)(=O)NC(N)=NCCCC(NCB=O)C(=O)N(C)OC)c(C)c1C.COc1cc(C)c(S(=O)(=O)NC(N)=NCCCC(NCB=O)C(=O)c2nc3ccccc3n2C)c(C)c1C. The van der Waals surface area contributed by atoms with E-state index in [9.17, 15) is 35.8 Å². The van der Waals surface area contributed by atoms with E-state index in [1.54, 1.807) is 65.3 Å². The quantitative estimate of drug-likeness (QED) is 0.0145. The van der Waals surface area contributed by atoms with Crippen LogP contribution in [0.1, 0.15) is 69.7 Å². The summed E-state index contributed by atoms with van der Waals surface area (Å²) in [5.74, 6) is 0.396. The minimum Gasteiger partial charge on any atom is -0.0380 e. The number of sulfonamides is 2. The predicted molar refractivity (Wildman–Crippen MR) is 268 cm³/mol. The van der Waals surface area contributed by atoms with E-state index in [4.69, 9.17) is 25.8 Å². The van der Waals surface area contributed by atoms with Crippen LogP contribution >= 0.6 is 0 Å². The molecule has 0 fully saturated rings. The summed E-state index contributed by atoms with van der Waals surface area (Å²) in [5, 5.41) is 6.83. The Bertz CT molecular complexity index is 2810. The number of carbonyl (C=O) groups excluding carboxylic acids is 2. The number of Topliss-reactive ketones (excluding diaryl/α,β-unsaturated/α-hetero) is 1. The standard InChI is InChI=1S/C25H33BN6O5S.C19H32BN5O6S/c1-15-13-21(37-5)16(2)17(3)23(15)38(35,36)31-25(27)28-12-8-10-19(29-14-26-34)22(33)24-30-18-9-6-7-11-20(18)32(24)4;1-12-10-16(30-5)13(2)14(3)17(12)32(28,29)24-19(21)22-9-7-8-15(23-11-20-27)18(26)25(4)31-6/h6-7,9,11,13,19,29H,8,10,12,14H2,1-5H3,(H3,27,28,31);10,15,23H,7-9,11H2,1-6H3,(H3,21,22,24). The second-order valence-corrected chi connectivity index (χ2v) is 19.3. The van der Waals surface area contributed by atoms with Gasteiger partial charge in [0.2, 0.25) is 0 Å². The van der Waals surface area contributed by atoms with Crippen molar-refractivity contribution in [3.63, 3.8) is 0 Å². The number of nitrogens with one attached hydrogen (secondary N) is 4. The normalized spacial score (nSPS) is 12.8. The molecule has 8 N–H and O–H groups in total. The molecule has 0 aliphatic heterocycles. The molecule has 0 aliphatic rings. The third kappa shape index (κ3) is 15.2. The fourth-order valence-corrected chi connectivity index (χ4v) is 10.5. The van der Waals surface area contributed by atoms with Crippen LogP contribution in [0.15, 0.2) is 56.2 Å². The molecule has 0 spiro atoms. The number of nitrogens with two attached hydrogens (primary N) is 2. The van der Waals surface area contributed by atoms with Crippen LogP contribution in [0.3, 0.4) is 0 Å². The van der Waals surface area contributed by atoms with Gasteiger partial charge in [-0.2, -0.15) is 0 Å². The number of aliphatic imine (C=N–C) groups is 2. The van der Waals surface area contributed by atoms with Crippen molar-refractivity contribution in [3.05, 3.63) is 75.6 Å². The predicted octanol–water partition coefficient (Wildman–Crippen LogP) is 1.71. The Morgan fingerprint density at radius 2 is 1.19 bits per heavy atom. The molecule has 0 bridgehead atoms. The first-order valence-corrected chi connectivity index (χ1v) is 25.0. The number of nitrogens with zero attached hydrogens (tertiary/aromatic N) is 5. The summed E-state index contributed by atoms with van der Waals surface area (Å²) in [7, 11) is 1.06. The second kappa shape index (κ2) is 26.8. The molecule has 0 saturated carbocycles. The number of benzene rings is 3. The number of rotatable bonds is 24. The van der Waals surface area contributed by atoms with Gasteiger partial charge in [-0.25, -0.2) is 0 Å². The molecular formula is C44H65B2N11O11S2. The van der Waals surface area contributed by atoms with Gasteiger partial charge >= 0.3 is 313 Å². The van der Waals surface area contributed by atoms with E-state index in [1.165, 1.54) is 28.4 Å². The molecule has 1 amide bonds. The zero-order valence-electron chi connectivity index (χ0n) is 41.6. The minimum atomic E-state index is -3.98. The van der Waals surface area contributed by atoms with Crippen LogP contribution in [0.5, 0.6) is 11.5 Å². The Morgan fingerprint density at radius 1 is 0.743 bits per heavy atom. The first-order valence-electron chi connectivity index (χ1n) is 22.1. The third-order valence-electron chi connectivity index (χ3n) is 11.4. The summed E-state index contributed by atoms with van der Waals surface area (Å²) in [6, 6.07) is 9.43. The number of fused-ring (bicyclic) bond motifs is 1. The zero-order valence-corrected chi connectivity index (χ0v) is 43.3. The number of hydroxylamine groups is 2. The number of para-hydroxylation sites is 2. The van der Waals surface area contributed by atoms with Gasteiger partial charge in [-0.05, 0) is 64.8 Å². The van der Waals surface area contributed by atoms with Crippen molar-refractivity contribution in [3.8, 4) is 11.5 Å². The molecule has 26 heteroatoms. The number of methoxy groups -OCH3 is 2. The molecule has 22 nitrogen and oxygen atoms in total. The van der Waals surface area contributed by atoms with Gasteiger partial charge in [-0.3, -0.25) is 0 Å². The van der Waals surface area contributed by atoms with E-state index in [0.717, 1.165) is 10.6 Å². The Kier molecular flexibility index (Phi) is 22.3. The molecule has 0 aliphatic carbocycles. The molecule has 2 unspecified atom stereocenters. The van der Waals surface area contributed by atoms with Crippen molar-refractivity contribution < 1.29 is 50.1 Å². The van der Waals surface area contributed by atoms with Crippen molar-refractivity contribution >= 4 is 69.0 Å². The van der Waals surface area contributed by atoms with Crippen LogP contribution < -0.4 is 41.0 Å². The summed E-state index contributed by atoms with van der Waals surface area (Å²) < 4.78 is 90.3. The van der Waals surface area contributed by atoms with Crippen molar-refractivity contribution in [2.75, 3.05) is 54.4 Å². The number of likely N-dealkylation sites (N-methyl/N-ethyl adjacent to an activating group) is 1. The summed E-state index contributed by atoms with van der Waals surface area (Å²) in [5.41, 5.74) is 16.8. The van der Waals surface area contributed by atoms with E-state index in [-0.39, 0.29) is 65.2 Å². The number of aromatic nitrogens is 2. The van der Waals surface area contributed by atoms with E-state index in [1.807, 2.05) is 24.3 Å². The van der Waals surface area contributed by atoms with Gasteiger partial charge in [0, 0.05) is 0 Å². The number of ketones is 1. The number of hydrogen-bond acceptors (Lipinski definition) is 16. The van der Waals surface area contributed by atoms with Gasteiger partial charge in [0.15, 0.2) is 0 Å². The van der Waals surface area contributed by atoms with Crippen LogP contribution in [0, 0.1) is 41.5 Å². The first-order chi connectivity index (χ1) is 33.0. The van der Waals surface area contributed by atoms with Crippen LogP contribution in [0.4, 0.5) is 0 Å². The summed E-state index contributed by atoms with van der Waals surface area (Å²) >= 11 is 0. The number of hydrogen-bond donors (Lipinski definition) is 6. The van der Waals surface area contributed by atoms with Gasteiger partial charge in [0.1, 0.15) is 11.5 Å². The molecule has 3 aromatic carbocycles. The molecule has 70 heavy (non-hydrogen) atoms. The fraction of sp³-hybridized carbons (Fsp3) is 0.477. The molecule has 1 heterocycles. The van der Waals surface area contributed by atoms with E-state index in [2.05, 4.69) is 35.0 Å².